The van der Waals surface area contributed by atoms with Gasteiger partial charge in [-0.2, -0.15) is 0 Å². The smallest absolute Gasteiger partial charge is 0.136 e. The summed E-state index contributed by atoms with van der Waals surface area (Å²) in [5.41, 5.74) is 2.88. The number of nitrogens with zero attached hydrogens (tertiary/aromatic N) is 1. The molecule has 3 heteroatoms. The Morgan fingerprint density at radius 1 is 1.38 bits per heavy atom. The summed E-state index contributed by atoms with van der Waals surface area (Å²) >= 11 is 6.05. The first kappa shape index (κ1) is 11.1. The van der Waals surface area contributed by atoms with Crippen molar-refractivity contribution in [1.29, 1.82) is 0 Å². The fourth-order valence-corrected chi connectivity index (χ4v) is 1.78. The number of aliphatic hydroxyl groups excluding tert-OH is 1. The van der Waals surface area contributed by atoms with E-state index in [-0.39, 0.29) is 6.61 Å². The molecule has 1 heterocycles. The van der Waals surface area contributed by atoms with Crippen molar-refractivity contribution in [2.45, 2.75) is 6.92 Å². The summed E-state index contributed by atoms with van der Waals surface area (Å²) in [6, 6.07) is 8.03. The number of benzene rings is 1. The second-order valence-corrected chi connectivity index (χ2v) is 4.01. The van der Waals surface area contributed by atoms with Gasteiger partial charge in [-0.15, -0.1) is 0 Å². The van der Waals surface area contributed by atoms with E-state index in [9.17, 15) is 0 Å². The zero-order valence-electron chi connectivity index (χ0n) is 8.94. The van der Waals surface area contributed by atoms with E-state index in [2.05, 4.69) is 4.98 Å². The zero-order chi connectivity index (χ0) is 11.5. The lowest BCUT2D eigenvalue weighted by Crippen LogP contribution is -1.86. The van der Waals surface area contributed by atoms with Gasteiger partial charge >= 0.3 is 0 Å². The SMILES string of the molecule is Cc1ccc2cc(C=CCO)c(Cl)nc2c1. The van der Waals surface area contributed by atoms with Crippen LogP contribution in [-0.2, 0) is 0 Å². The van der Waals surface area contributed by atoms with Crippen LogP contribution in [0.1, 0.15) is 11.1 Å². The maximum absolute atomic E-state index is 8.72. The number of fused-ring (bicyclic) bond motifs is 1. The van der Waals surface area contributed by atoms with Gasteiger partial charge in [-0.3, -0.25) is 0 Å². The monoisotopic (exact) mass is 233 g/mol. The Labute approximate surface area is 99.2 Å². The van der Waals surface area contributed by atoms with Gasteiger partial charge in [-0.1, -0.05) is 35.9 Å². The Morgan fingerprint density at radius 2 is 2.19 bits per heavy atom. The summed E-state index contributed by atoms with van der Waals surface area (Å²) in [5.74, 6) is 0. The molecule has 0 bridgehead atoms. The summed E-state index contributed by atoms with van der Waals surface area (Å²) in [4.78, 5) is 4.32. The van der Waals surface area contributed by atoms with E-state index in [0.29, 0.717) is 5.15 Å². The molecule has 0 saturated carbocycles. The van der Waals surface area contributed by atoms with Crippen LogP contribution in [0.3, 0.4) is 0 Å². The quantitative estimate of drug-likeness (QED) is 0.808. The number of aromatic nitrogens is 1. The van der Waals surface area contributed by atoms with E-state index in [1.165, 1.54) is 0 Å². The highest BCUT2D eigenvalue weighted by molar-refractivity contribution is 6.31. The van der Waals surface area contributed by atoms with Crippen molar-refractivity contribution in [3.63, 3.8) is 0 Å². The Morgan fingerprint density at radius 3 is 2.94 bits per heavy atom. The van der Waals surface area contributed by atoms with E-state index in [0.717, 1.165) is 22.0 Å². The van der Waals surface area contributed by atoms with Gasteiger partial charge in [0, 0.05) is 10.9 Å². The van der Waals surface area contributed by atoms with E-state index >= 15 is 0 Å². The lowest BCUT2D eigenvalue weighted by molar-refractivity contribution is 0.343. The Balaban J connectivity index is 2.58. The standard InChI is InChI=1S/C13H12ClNO/c1-9-4-5-10-8-11(3-2-6-16)13(14)15-12(10)7-9/h2-5,7-8,16H,6H2,1H3. The van der Waals surface area contributed by atoms with Gasteiger partial charge in [0.15, 0.2) is 0 Å². The molecule has 2 nitrogen and oxygen atoms in total. The van der Waals surface area contributed by atoms with Crippen LogP contribution < -0.4 is 0 Å². The molecule has 82 valence electrons. The highest BCUT2D eigenvalue weighted by Crippen LogP contribution is 2.22. The molecule has 0 aliphatic rings. The predicted molar refractivity (Wildman–Crippen MR) is 67.6 cm³/mol. The topological polar surface area (TPSA) is 33.1 Å². The molecule has 0 spiro atoms. The highest BCUT2D eigenvalue weighted by atomic mass is 35.5. The number of hydrogen-bond acceptors (Lipinski definition) is 2. The Bertz CT molecular complexity index is 549. The molecule has 0 unspecified atom stereocenters. The molecule has 0 amide bonds. The van der Waals surface area contributed by atoms with Crippen molar-refractivity contribution in [2.75, 3.05) is 6.61 Å². The summed E-state index contributed by atoms with van der Waals surface area (Å²) in [6.45, 7) is 2.02. The van der Waals surface area contributed by atoms with E-state index < -0.39 is 0 Å². The van der Waals surface area contributed by atoms with Crippen molar-refractivity contribution in [1.82, 2.24) is 4.98 Å². The molecule has 2 aromatic rings. The first-order valence-electron chi connectivity index (χ1n) is 5.05. The van der Waals surface area contributed by atoms with Gasteiger partial charge in [0.05, 0.1) is 12.1 Å². The van der Waals surface area contributed by atoms with Crippen LogP contribution in [0.4, 0.5) is 0 Å². The molecule has 0 saturated heterocycles. The number of hydrogen-bond donors (Lipinski definition) is 1. The minimum atomic E-state index is 0.00225. The molecule has 0 radical (unpaired) electrons. The summed E-state index contributed by atoms with van der Waals surface area (Å²) < 4.78 is 0. The summed E-state index contributed by atoms with van der Waals surface area (Å²) in [7, 11) is 0. The predicted octanol–water partition coefficient (Wildman–Crippen LogP) is 3.20. The second kappa shape index (κ2) is 4.64. The Hall–Kier alpha value is -1.38. The molecule has 0 aliphatic heterocycles. The largest absolute Gasteiger partial charge is 0.392 e. The second-order valence-electron chi connectivity index (χ2n) is 3.65. The number of rotatable bonds is 2. The van der Waals surface area contributed by atoms with Gasteiger partial charge < -0.3 is 5.11 Å². The van der Waals surface area contributed by atoms with Gasteiger partial charge in [0.1, 0.15) is 5.15 Å². The molecule has 1 aromatic heterocycles. The van der Waals surface area contributed by atoms with Gasteiger partial charge in [-0.05, 0) is 24.6 Å². The van der Waals surface area contributed by atoms with Crippen LogP contribution in [0.15, 0.2) is 30.3 Å². The molecule has 0 atom stereocenters. The first-order chi connectivity index (χ1) is 7.70. The van der Waals surface area contributed by atoms with E-state index in [4.69, 9.17) is 16.7 Å². The molecule has 1 aromatic carbocycles. The van der Waals surface area contributed by atoms with E-state index in [1.54, 1.807) is 12.2 Å². The molecular formula is C13H12ClNO. The molecule has 0 aliphatic carbocycles. The number of aliphatic hydroxyl groups is 1. The molecular weight excluding hydrogens is 222 g/mol. The lowest BCUT2D eigenvalue weighted by atomic mass is 10.1. The third-order valence-electron chi connectivity index (χ3n) is 2.36. The number of pyridine rings is 1. The van der Waals surface area contributed by atoms with Crippen LogP contribution in [0.25, 0.3) is 17.0 Å². The fourth-order valence-electron chi connectivity index (χ4n) is 1.57. The third kappa shape index (κ3) is 2.23. The highest BCUT2D eigenvalue weighted by Gasteiger charge is 2.02. The zero-order valence-corrected chi connectivity index (χ0v) is 9.70. The van der Waals surface area contributed by atoms with Gasteiger partial charge in [0.25, 0.3) is 0 Å². The van der Waals surface area contributed by atoms with Crippen LogP contribution in [-0.4, -0.2) is 16.7 Å². The van der Waals surface area contributed by atoms with Crippen LogP contribution in [0.5, 0.6) is 0 Å². The third-order valence-corrected chi connectivity index (χ3v) is 2.66. The van der Waals surface area contributed by atoms with Crippen LogP contribution >= 0.6 is 11.6 Å². The van der Waals surface area contributed by atoms with Crippen molar-refractivity contribution in [2.24, 2.45) is 0 Å². The van der Waals surface area contributed by atoms with Crippen LogP contribution in [0.2, 0.25) is 5.15 Å². The molecule has 1 N–H and O–H groups in total. The molecule has 0 fully saturated rings. The number of aryl methyl sites for hydroxylation is 1. The van der Waals surface area contributed by atoms with Gasteiger partial charge in [0.2, 0.25) is 0 Å². The minimum Gasteiger partial charge on any atom is -0.392 e. The Kier molecular flexibility index (Phi) is 3.22. The summed E-state index contributed by atoms with van der Waals surface area (Å²) in [6.07, 6.45) is 3.41. The number of halogens is 1. The van der Waals surface area contributed by atoms with Crippen molar-refractivity contribution in [3.8, 4) is 0 Å². The first-order valence-corrected chi connectivity index (χ1v) is 5.43. The molecule has 2 rings (SSSR count). The average molecular weight is 234 g/mol. The maximum Gasteiger partial charge on any atom is 0.136 e. The van der Waals surface area contributed by atoms with E-state index in [1.807, 2.05) is 31.2 Å². The van der Waals surface area contributed by atoms with Crippen molar-refractivity contribution < 1.29 is 5.11 Å². The fraction of sp³-hybridized carbons (Fsp3) is 0.154. The summed E-state index contributed by atoms with van der Waals surface area (Å²) in [5, 5.41) is 10.2. The lowest BCUT2D eigenvalue weighted by Gasteiger charge is -2.03. The normalized spacial score (nSPS) is 11.4. The van der Waals surface area contributed by atoms with Crippen LogP contribution in [0, 0.1) is 6.92 Å². The van der Waals surface area contributed by atoms with Crippen molar-refractivity contribution >= 4 is 28.6 Å². The molecule has 16 heavy (non-hydrogen) atoms. The average Bonchev–Trinajstić information content (AvgIpc) is 2.26. The maximum atomic E-state index is 8.72. The van der Waals surface area contributed by atoms with Crippen molar-refractivity contribution in [3.05, 3.63) is 46.6 Å². The minimum absolute atomic E-state index is 0.00225. The van der Waals surface area contributed by atoms with Gasteiger partial charge in [-0.25, -0.2) is 4.98 Å².